The average Bonchev–Trinajstić information content (AvgIpc) is 2.42. The van der Waals surface area contributed by atoms with E-state index in [1.165, 1.54) is 0 Å². The molecule has 0 spiro atoms. The Morgan fingerprint density at radius 2 is 2.05 bits per heavy atom. The molecule has 0 atom stereocenters. The molecule has 4 heteroatoms. The van der Waals surface area contributed by atoms with Gasteiger partial charge in [-0.05, 0) is 23.6 Å². The summed E-state index contributed by atoms with van der Waals surface area (Å²) in [6, 6.07) is 7.55. The van der Waals surface area contributed by atoms with Gasteiger partial charge in [-0.3, -0.25) is 9.59 Å². The predicted molar refractivity (Wildman–Crippen MR) is 89.9 cm³/mol. The number of hydrogen-bond acceptors (Lipinski definition) is 3. The molecule has 0 saturated heterocycles. The summed E-state index contributed by atoms with van der Waals surface area (Å²) in [5.41, 5.74) is 1.37. The topological polar surface area (TPSA) is 46.2 Å². The Balaban J connectivity index is 2.99. The quantitative estimate of drug-likeness (QED) is 0.569. The van der Waals surface area contributed by atoms with E-state index in [9.17, 15) is 9.59 Å². The summed E-state index contributed by atoms with van der Waals surface area (Å²) in [5, 5.41) is 3.17. The first-order valence-electron chi connectivity index (χ1n) is 7.18. The third-order valence-corrected chi connectivity index (χ3v) is 3.45. The second-order valence-electron chi connectivity index (χ2n) is 5.36. The zero-order valence-corrected chi connectivity index (χ0v) is 14.4. The van der Waals surface area contributed by atoms with Crippen LogP contribution in [0.15, 0.2) is 34.9 Å². The van der Waals surface area contributed by atoms with Crippen molar-refractivity contribution in [1.29, 1.82) is 0 Å². The van der Waals surface area contributed by atoms with Gasteiger partial charge in [0.25, 0.3) is 0 Å². The van der Waals surface area contributed by atoms with Gasteiger partial charge in [0.05, 0.1) is 6.42 Å². The van der Waals surface area contributed by atoms with Gasteiger partial charge >= 0.3 is 0 Å². The van der Waals surface area contributed by atoms with E-state index in [1.54, 1.807) is 13.1 Å². The van der Waals surface area contributed by atoms with Crippen LogP contribution < -0.4 is 5.32 Å². The van der Waals surface area contributed by atoms with Crippen molar-refractivity contribution in [2.24, 2.45) is 5.92 Å². The normalized spacial score (nSPS) is 11.6. The van der Waals surface area contributed by atoms with Gasteiger partial charge in [-0.2, -0.15) is 0 Å². The van der Waals surface area contributed by atoms with Crippen molar-refractivity contribution in [3.05, 3.63) is 40.5 Å². The Labute approximate surface area is 134 Å². The number of halogens is 1. The number of carbonyl (C=O) groups is 2. The van der Waals surface area contributed by atoms with Crippen LogP contribution in [0.1, 0.15) is 39.2 Å². The van der Waals surface area contributed by atoms with Crippen molar-refractivity contribution in [3.63, 3.8) is 0 Å². The van der Waals surface area contributed by atoms with Crippen molar-refractivity contribution in [1.82, 2.24) is 5.32 Å². The lowest BCUT2D eigenvalue weighted by Crippen LogP contribution is -2.16. The maximum atomic E-state index is 12.4. The molecule has 0 aliphatic heterocycles. The van der Waals surface area contributed by atoms with Crippen LogP contribution in [0.5, 0.6) is 0 Å². The molecule has 0 heterocycles. The van der Waals surface area contributed by atoms with E-state index in [0.29, 0.717) is 17.9 Å². The highest BCUT2D eigenvalue weighted by atomic mass is 79.9. The van der Waals surface area contributed by atoms with E-state index in [0.717, 1.165) is 16.6 Å². The molecule has 3 nitrogen and oxygen atoms in total. The second-order valence-corrected chi connectivity index (χ2v) is 6.28. The minimum Gasteiger partial charge on any atom is -0.390 e. The van der Waals surface area contributed by atoms with Crippen LogP contribution in [-0.2, 0) is 9.59 Å². The monoisotopic (exact) mass is 351 g/mol. The fourth-order valence-corrected chi connectivity index (χ4v) is 2.18. The SMILES string of the molecule is CCC(=O)CC(=O)/C(=C\NCC(C)C)c1cccc(Br)c1. The molecule has 0 unspecified atom stereocenters. The molecule has 0 aliphatic rings. The molecule has 21 heavy (non-hydrogen) atoms. The lowest BCUT2D eigenvalue weighted by atomic mass is 9.98. The standard InChI is InChI=1S/C17H22BrNO2/c1-4-15(20)9-17(21)16(11-19-10-12(2)3)13-6-5-7-14(18)8-13/h5-8,11-12,19H,4,9-10H2,1-3H3/b16-11-. The van der Waals surface area contributed by atoms with E-state index in [1.807, 2.05) is 24.3 Å². The highest BCUT2D eigenvalue weighted by Gasteiger charge is 2.15. The smallest absolute Gasteiger partial charge is 0.172 e. The summed E-state index contributed by atoms with van der Waals surface area (Å²) in [6.07, 6.45) is 2.07. The number of carbonyl (C=O) groups excluding carboxylic acids is 2. The molecule has 0 bridgehead atoms. The third kappa shape index (κ3) is 6.25. The first-order valence-corrected chi connectivity index (χ1v) is 7.97. The molecule has 0 aliphatic carbocycles. The third-order valence-electron chi connectivity index (χ3n) is 2.96. The van der Waals surface area contributed by atoms with Gasteiger partial charge in [-0.15, -0.1) is 0 Å². The minimum absolute atomic E-state index is 0.0373. The number of rotatable bonds is 8. The molecule has 1 N–H and O–H groups in total. The summed E-state index contributed by atoms with van der Waals surface area (Å²) in [6.45, 7) is 6.76. The molecule has 1 aromatic carbocycles. The summed E-state index contributed by atoms with van der Waals surface area (Å²) in [4.78, 5) is 23.9. The van der Waals surface area contributed by atoms with E-state index in [-0.39, 0.29) is 18.0 Å². The lowest BCUT2D eigenvalue weighted by molar-refractivity contribution is -0.124. The maximum Gasteiger partial charge on any atom is 0.172 e. The van der Waals surface area contributed by atoms with Gasteiger partial charge in [0.15, 0.2) is 5.78 Å². The van der Waals surface area contributed by atoms with E-state index < -0.39 is 0 Å². The Morgan fingerprint density at radius 3 is 2.62 bits per heavy atom. The molecule has 1 rings (SSSR count). The average molecular weight is 352 g/mol. The number of benzene rings is 1. The van der Waals surface area contributed by atoms with Gasteiger partial charge in [-0.25, -0.2) is 0 Å². The zero-order chi connectivity index (χ0) is 15.8. The Bertz CT molecular complexity index is 535. The van der Waals surface area contributed by atoms with Crippen LogP contribution in [0.4, 0.5) is 0 Å². The van der Waals surface area contributed by atoms with Gasteiger partial charge in [0.2, 0.25) is 0 Å². The molecule has 0 radical (unpaired) electrons. The Morgan fingerprint density at radius 1 is 1.33 bits per heavy atom. The molecule has 0 aromatic heterocycles. The lowest BCUT2D eigenvalue weighted by Gasteiger charge is -2.10. The van der Waals surface area contributed by atoms with Crippen molar-refractivity contribution >= 4 is 33.1 Å². The van der Waals surface area contributed by atoms with E-state index in [2.05, 4.69) is 35.1 Å². The van der Waals surface area contributed by atoms with Crippen LogP contribution in [-0.4, -0.2) is 18.1 Å². The number of hydrogen-bond donors (Lipinski definition) is 1. The number of Topliss-reactive ketones (excluding diaryl/α,β-unsaturated/α-hetero) is 2. The van der Waals surface area contributed by atoms with Gasteiger partial charge in [-0.1, -0.05) is 48.8 Å². The fraction of sp³-hybridized carbons (Fsp3) is 0.412. The molecular weight excluding hydrogens is 330 g/mol. The van der Waals surface area contributed by atoms with Crippen LogP contribution in [0.3, 0.4) is 0 Å². The fourth-order valence-electron chi connectivity index (χ4n) is 1.78. The largest absolute Gasteiger partial charge is 0.390 e. The molecule has 0 amide bonds. The first kappa shape index (κ1) is 17.6. The number of allylic oxidation sites excluding steroid dienone is 1. The molecular formula is C17H22BrNO2. The zero-order valence-electron chi connectivity index (χ0n) is 12.8. The molecule has 114 valence electrons. The van der Waals surface area contributed by atoms with Crippen LogP contribution >= 0.6 is 15.9 Å². The van der Waals surface area contributed by atoms with Gasteiger partial charge < -0.3 is 5.32 Å². The summed E-state index contributed by atoms with van der Waals surface area (Å²) >= 11 is 3.41. The van der Waals surface area contributed by atoms with Crippen molar-refractivity contribution < 1.29 is 9.59 Å². The second kappa shape index (κ2) is 8.78. The van der Waals surface area contributed by atoms with Crippen molar-refractivity contribution in [2.45, 2.75) is 33.6 Å². The Hall–Kier alpha value is -1.42. The molecule has 1 aromatic rings. The van der Waals surface area contributed by atoms with Gasteiger partial charge in [0, 0.05) is 29.2 Å². The maximum absolute atomic E-state index is 12.4. The number of nitrogens with one attached hydrogen (secondary N) is 1. The first-order chi connectivity index (χ1) is 9.93. The van der Waals surface area contributed by atoms with Gasteiger partial charge in [0.1, 0.15) is 5.78 Å². The van der Waals surface area contributed by atoms with Crippen LogP contribution in [0, 0.1) is 5.92 Å². The van der Waals surface area contributed by atoms with Crippen LogP contribution in [0.2, 0.25) is 0 Å². The minimum atomic E-state index is -0.142. The molecule has 0 saturated carbocycles. The van der Waals surface area contributed by atoms with E-state index in [4.69, 9.17) is 0 Å². The number of ketones is 2. The van der Waals surface area contributed by atoms with Crippen molar-refractivity contribution in [2.75, 3.05) is 6.54 Å². The highest BCUT2D eigenvalue weighted by molar-refractivity contribution is 9.10. The van der Waals surface area contributed by atoms with Crippen molar-refractivity contribution in [3.8, 4) is 0 Å². The predicted octanol–water partition coefficient (Wildman–Crippen LogP) is 3.97. The summed E-state index contributed by atoms with van der Waals surface area (Å²) < 4.78 is 0.907. The summed E-state index contributed by atoms with van der Waals surface area (Å²) in [5.74, 6) is 0.304. The highest BCUT2D eigenvalue weighted by Crippen LogP contribution is 2.21. The van der Waals surface area contributed by atoms with E-state index >= 15 is 0 Å². The van der Waals surface area contributed by atoms with Crippen LogP contribution in [0.25, 0.3) is 5.57 Å². The summed E-state index contributed by atoms with van der Waals surface area (Å²) in [7, 11) is 0. The molecule has 0 fully saturated rings. The Kier molecular flexibility index (Phi) is 7.37.